The smallest absolute Gasteiger partial charge is 0.254 e. The third-order valence-corrected chi connectivity index (χ3v) is 5.20. The van der Waals surface area contributed by atoms with Gasteiger partial charge in [-0.05, 0) is 35.4 Å². The van der Waals surface area contributed by atoms with E-state index in [0.717, 1.165) is 11.1 Å². The summed E-state index contributed by atoms with van der Waals surface area (Å²) in [6, 6.07) is 20.2. The summed E-state index contributed by atoms with van der Waals surface area (Å²) < 4.78 is 5.26. The second kappa shape index (κ2) is 9.30. The lowest BCUT2D eigenvalue weighted by atomic mass is 10.0. The van der Waals surface area contributed by atoms with Crippen LogP contribution in [0.25, 0.3) is 11.1 Å². The van der Waals surface area contributed by atoms with E-state index in [1.807, 2.05) is 42.5 Å². The lowest BCUT2D eigenvalue weighted by molar-refractivity contribution is -0.125. The first-order chi connectivity index (χ1) is 15.2. The van der Waals surface area contributed by atoms with Gasteiger partial charge >= 0.3 is 0 Å². The van der Waals surface area contributed by atoms with Crippen molar-refractivity contribution >= 4 is 17.5 Å². The van der Waals surface area contributed by atoms with Gasteiger partial charge in [-0.1, -0.05) is 47.6 Å². The van der Waals surface area contributed by atoms with Crippen LogP contribution < -0.4 is 5.32 Å². The van der Waals surface area contributed by atoms with E-state index in [-0.39, 0.29) is 24.9 Å². The van der Waals surface area contributed by atoms with Gasteiger partial charge in [0.1, 0.15) is 18.9 Å². The van der Waals surface area contributed by atoms with Crippen LogP contribution in [0.1, 0.15) is 22.5 Å². The Hall–Kier alpha value is -3.87. The van der Waals surface area contributed by atoms with Crippen LogP contribution in [-0.2, 0) is 16.2 Å². The summed E-state index contributed by atoms with van der Waals surface area (Å²) in [5, 5.41) is 6.80. The van der Waals surface area contributed by atoms with Crippen molar-refractivity contribution in [3.8, 4) is 11.1 Å². The normalized spacial score (nSPS) is 17.0. The van der Waals surface area contributed by atoms with Crippen molar-refractivity contribution in [3.63, 3.8) is 0 Å². The first-order valence-electron chi connectivity index (χ1n) is 10.0. The van der Waals surface area contributed by atoms with Crippen LogP contribution in [0.2, 0.25) is 0 Å². The largest absolute Gasteiger partial charge is 0.467 e. The number of benzene rings is 2. The summed E-state index contributed by atoms with van der Waals surface area (Å²) >= 11 is 0. The molecule has 1 saturated heterocycles. The molecule has 4 rings (SSSR count). The molecule has 0 unspecified atom stereocenters. The molecule has 1 aliphatic heterocycles. The van der Waals surface area contributed by atoms with Crippen LogP contribution in [-0.4, -0.2) is 42.1 Å². The summed E-state index contributed by atoms with van der Waals surface area (Å²) in [6.45, 7) is 0.499. The van der Waals surface area contributed by atoms with Gasteiger partial charge in [0.25, 0.3) is 5.91 Å². The third kappa shape index (κ3) is 4.66. The van der Waals surface area contributed by atoms with E-state index in [4.69, 9.17) is 9.25 Å². The molecule has 0 radical (unpaired) electrons. The van der Waals surface area contributed by atoms with E-state index in [1.165, 1.54) is 12.0 Å². The van der Waals surface area contributed by atoms with Gasteiger partial charge in [0.05, 0.1) is 25.1 Å². The van der Waals surface area contributed by atoms with Crippen molar-refractivity contribution < 1.29 is 18.8 Å². The maximum atomic E-state index is 13.2. The number of carbonyl (C=O) groups excluding carboxylic acids is 2. The topological polar surface area (TPSA) is 84.1 Å². The lowest BCUT2D eigenvalue weighted by Gasteiger charge is -2.23. The van der Waals surface area contributed by atoms with Gasteiger partial charge in [0.15, 0.2) is 0 Å². The summed E-state index contributed by atoms with van der Waals surface area (Å²) in [6.07, 6.45) is 1.88. The van der Waals surface area contributed by atoms with Gasteiger partial charge in [0.2, 0.25) is 5.91 Å². The highest BCUT2D eigenvalue weighted by Gasteiger charge is 2.38. The number of hydrogen-bond donors (Lipinski definition) is 1. The quantitative estimate of drug-likeness (QED) is 0.623. The number of likely N-dealkylation sites (tertiary alicyclic amines) is 1. The molecule has 7 nitrogen and oxygen atoms in total. The Morgan fingerprint density at radius 3 is 2.48 bits per heavy atom. The predicted molar refractivity (Wildman–Crippen MR) is 116 cm³/mol. The molecule has 0 spiro atoms. The van der Waals surface area contributed by atoms with Gasteiger partial charge in [-0.3, -0.25) is 9.59 Å². The molecule has 2 heterocycles. The van der Waals surface area contributed by atoms with Crippen LogP contribution in [0, 0.1) is 0 Å². The number of amides is 2. The van der Waals surface area contributed by atoms with Crippen LogP contribution >= 0.6 is 0 Å². The predicted octanol–water partition coefficient (Wildman–Crippen LogP) is 3.48. The van der Waals surface area contributed by atoms with Crippen molar-refractivity contribution in [3.05, 3.63) is 84.3 Å². The summed E-state index contributed by atoms with van der Waals surface area (Å²) in [5.74, 6) is 0.164. The van der Waals surface area contributed by atoms with E-state index in [1.54, 1.807) is 30.5 Å². The average molecular weight is 417 g/mol. The maximum Gasteiger partial charge on any atom is 0.254 e. The molecule has 2 aromatic carbocycles. The summed E-state index contributed by atoms with van der Waals surface area (Å²) in [5.41, 5.74) is 3.26. The van der Waals surface area contributed by atoms with E-state index in [9.17, 15) is 9.59 Å². The Morgan fingerprint density at radius 2 is 1.81 bits per heavy atom. The minimum absolute atomic E-state index is 0.223. The standard InChI is InChI=1S/C24H23N3O4/c1-30-26-20-14-22(23(28)25-15-21-8-5-13-31-21)27(16-20)24(29)19-11-9-18(10-12-19)17-6-3-2-4-7-17/h2-13,22H,14-16H2,1H3,(H,25,28)/t22-/m0/s1. The van der Waals surface area contributed by atoms with E-state index in [0.29, 0.717) is 23.5 Å². The molecule has 2 amide bonds. The fourth-order valence-electron chi connectivity index (χ4n) is 3.65. The SMILES string of the molecule is CON=C1C[C@@H](C(=O)NCc2ccco2)N(C(=O)c2ccc(-c3ccccc3)cc2)C1. The number of nitrogens with zero attached hydrogens (tertiary/aromatic N) is 2. The molecule has 0 saturated carbocycles. The van der Waals surface area contributed by atoms with Crippen LogP contribution in [0.4, 0.5) is 0 Å². The monoisotopic (exact) mass is 417 g/mol. The number of furan rings is 1. The van der Waals surface area contributed by atoms with Gasteiger partial charge < -0.3 is 19.5 Å². The molecule has 1 N–H and O–H groups in total. The molecule has 1 aliphatic rings. The number of oxime groups is 1. The first kappa shape index (κ1) is 20.4. The van der Waals surface area contributed by atoms with Crippen LogP contribution in [0.3, 0.4) is 0 Å². The molecule has 0 bridgehead atoms. The highest BCUT2D eigenvalue weighted by molar-refractivity contribution is 6.05. The fourth-order valence-corrected chi connectivity index (χ4v) is 3.65. The van der Waals surface area contributed by atoms with Crippen molar-refractivity contribution in [2.24, 2.45) is 5.16 Å². The molecule has 31 heavy (non-hydrogen) atoms. The Morgan fingerprint density at radius 1 is 1.06 bits per heavy atom. The van der Waals surface area contributed by atoms with Crippen molar-refractivity contribution in [1.82, 2.24) is 10.2 Å². The zero-order valence-electron chi connectivity index (χ0n) is 17.2. The second-order valence-corrected chi connectivity index (χ2v) is 7.23. The van der Waals surface area contributed by atoms with Gasteiger partial charge in [-0.2, -0.15) is 0 Å². The van der Waals surface area contributed by atoms with Crippen molar-refractivity contribution in [2.45, 2.75) is 19.0 Å². The number of nitrogens with one attached hydrogen (secondary N) is 1. The van der Waals surface area contributed by atoms with E-state index < -0.39 is 6.04 Å². The minimum Gasteiger partial charge on any atom is -0.467 e. The fraction of sp³-hybridized carbons (Fsp3) is 0.208. The Balaban J connectivity index is 1.51. The van der Waals surface area contributed by atoms with Crippen molar-refractivity contribution in [2.75, 3.05) is 13.7 Å². The Bertz CT molecular complexity index is 1060. The first-order valence-corrected chi connectivity index (χ1v) is 10.0. The molecule has 158 valence electrons. The van der Waals surface area contributed by atoms with Crippen LogP contribution in [0.15, 0.2) is 82.6 Å². The van der Waals surface area contributed by atoms with Crippen molar-refractivity contribution in [1.29, 1.82) is 0 Å². The zero-order chi connectivity index (χ0) is 21.6. The molecule has 0 aliphatic carbocycles. The molecule has 7 heteroatoms. The lowest BCUT2D eigenvalue weighted by Crippen LogP contribution is -2.45. The number of hydrogen-bond acceptors (Lipinski definition) is 5. The molecule has 1 atom stereocenters. The van der Waals surface area contributed by atoms with Gasteiger partial charge in [0, 0.05) is 12.0 Å². The number of carbonyl (C=O) groups is 2. The van der Waals surface area contributed by atoms with E-state index in [2.05, 4.69) is 10.5 Å². The highest BCUT2D eigenvalue weighted by Crippen LogP contribution is 2.23. The molecule has 1 fully saturated rings. The minimum atomic E-state index is -0.662. The van der Waals surface area contributed by atoms with Gasteiger partial charge in [-0.15, -0.1) is 0 Å². The summed E-state index contributed by atoms with van der Waals surface area (Å²) in [7, 11) is 1.45. The van der Waals surface area contributed by atoms with Gasteiger partial charge in [-0.25, -0.2) is 0 Å². The summed E-state index contributed by atoms with van der Waals surface area (Å²) in [4.78, 5) is 32.5. The number of rotatable bonds is 6. The zero-order valence-corrected chi connectivity index (χ0v) is 17.2. The average Bonchev–Trinajstić information content (AvgIpc) is 3.48. The van der Waals surface area contributed by atoms with Crippen LogP contribution in [0.5, 0.6) is 0 Å². The maximum absolute atomic E-state index is 13.2. The molecular weight excluding hydrogens is 394 g/mol. The Kier molecular flexibility index (Phi) is 6.12. The second-order valence-electron chi connectivity index (χ2n) is 7.23. The highest BCUT2D eigenvalue weighted by atomic mass is 16.6. The third-order valence-electron chi connectivity index (χ3n) is 5.20. The molecule has 3 aromatic rings. The molecule has 1 aromatic heterocycles. The van der Waals surface area contributed by atoms with E-state index >= 15 is 0 Å². The Labute approximate surface area is 180 Å². The molecular formula is C24H23N3O4.